The molecule has 0 bridgehead atoms. The van der Waals surface area contributed by atoms with Crippen molar-refractivity contribution in [2.45, 2.75) is 32.9 Å². The quantitative estimate of drug-likeness (QED) is 0.323. The lowest BCUT2D eigenvalue weighted by Crippen LogP contribution is -2.40. The van der Waals surface area contributed by atoms with Gasteiger partial charge in [-0.3, -0.25) is 14.8 Å². The van der Waals surface area contributed by atoms with E-state index in [9.17, 15) is 13.6 Å². The molecular formula is C25H30F2N8O2. The number of amides is 1. The maximum atomic E-state index is 13.0. The summed E-state index contributed by atoms with van der Waals surface area (Å²) in [6.45, 7) is 2.94. The van der Waals surface area contributed by atoms with Gasteiger partial charge in [0.2, 0.25) is 0 Å². The van der Waals surface area contributed by atoms with Crippen LogP contribution in [0, 0.1) is 0 Å². The molecule has 0 spiro atoms. The second-order valence-electron chi connectivity index (χ2n) is 9.00. The summed E-state index contributed by atoms with van der Waals surface area (Å²) in [5, 5.41) is 6.13. The third-order valence-electron chi connectivity index (χ3n) is 5.04. The zero-order chi connectivity index (χ0) is 27.2. The van der Waals surface area contributed by atoms with Gasteiger partial charge >= 0.3 is 6.61 Å². The summed E-state index contributed by atoms with van der Waals surface area (Å²) in [6.07, 6.45) is 6.05. The van der Waals surface area contributed by atoms with E-state index in [2.05, 4.69) is 40.3 Å². The number of aliphatic imine (C=N–C) groups is 2. The summed E-state index contributed by atoms with van der Waals surface area (Å²) in [7, 11) is 3.17. The van der Waals surface area contributed by atoms with Gasteiger partial charge in [0.1, 0.15) is 17.0 Å². The molecule has 3 rings (SSSR count). The van der Waals surface area contributed by atoms with E-state index in [-0.39, 0.29) is 11.7 Å². The Labute approximate surface area is 213 Å². The summed E-state index contributed by atoms with van der Waals surface area (Å²) in [4.78, 5) is 33.2. The molecule has 2 aromatic heterocycles. The van der Waals surface area contributed by atoms with Crippen molar-refractivity contribution in [2.24, 2.45) is 15.7 Å². The number of H-pyrrole nitrogens is 1. The van der Waals surface area contributed by atoms with Crippen molar-refractivity contribution in [2.75, 3.05) is 26.0 Å². The van der Waals surface area contributed by atoms with E-state index >= 15 is 0 Å². The number of alkyl halides is 2. The van der Waals surface area contributed by atoms with Crippen molar-refractivity contribution in [3.63, 3.8) is 0 Å². The SMILES string of the molecule is CN=CC(=CN)CNc1ccc(OC(F)F)cc1C(=NC)c1cnc2[nH]cc(C(=O)NC(C)(C)C)c2n1. The van der Waals surface area contributed by atoms with Crippen LogP contribution in [0.3, 0.4) is 0 Å². The van der Waals surface area contributed by atoms with Gasteiger partial charge in [-0.1, -0.05) is 0 Å². The summed E-state index contributed by atoms with van der Waals surface area (Å²) < 4.78 is 30.5. The number of carbonyl (C=O) groups is 1. The van der Waals surface area contributed by atoms with Crippen molar-refractivity contribution in [1.82, 2.24) is 20.3 Å². The molecule has 0 radical (unpaired) electrons. The van der Waals surface area contributed by atoms with Crippen LogP contribution in [0.25, 0.3) is 11.2 Å². The van der Waals surface area contributed by atoms with Gasteiger partial charge in [-0.2, -0.15) is 8.78 Å². The first-order chi connectivity index (χ1) is 17.6. The monoisotopic (exact) mass is 512 g/mol. The first-order valence-corrected chi connectivity index (χ1v) is 11.4. The van der Waals surface area contributed by atoms with Crippen molar-refractivity contribution in [3.05, 3.63) is 59.2 Å². The Bertz CT molecular complexity index is 1360. The minimum Gasteiger partial charge on any atom is -0.435 e. The van der Waals surface area contributed by atoms with Crippen LogP contribution in [-0.4, -0.2) is 65.6 Å². The van der Waals surface area contributed by atoms with E-state index in [0.717, 1.165) is 0 Å². The van der Waals surface area contributed by atoms with Gasteiger partial charge in [0, 0.05) is 61.6 Å². The van der Waals surface area contributed by atoms with E-state index in [1.54, 1.807) is 32.6 Å². The number of nitrogens with two attached hydrogens (primary N) is 1. The topological polar surface area (TPSA) is 143 Å². The minimum absolute atomic E-state index is 0.0534. The number of ether oxygens (including phenoxy) is 1. The van der Waals surface area contributed by atoms with Crippen LogP contribution in [0.15, 0.2) is 52.4 Å². The predicted molar refractivity (Wildman–Crippen MR) is 141 cm³/mol. The van der Waals surface area contributed by atoms with Gasteiger partial charge in [0.05, 0.1) is 17.5 Å². The Kier molecular flexibility index (Phi) is 8.53. The van der Waals surface area contributed by atoms with Crippen molar-refractivity contribution >= 4 is 34.7 Å². The number of halogens is 2. The van der Waals surface area contributed by atoms with Crippen LogP contribution in [0.1, 0.15) is 42.4 Å². The number of aromatic nitrogens is 3. The number of anilines is 1. The molecule has 2 heterocycles. The fourth-order valence-corrected chi connectivity index (χ4v) is 3.52. The number of carbonyl (C=O) groups excluding carboxylic acids is 1. The maximum absolute atomic E-state index is 13.0. The molecule has 0 saturated carbocycles. The van der Waals surface area contributed by atoms with Crippen LogP contribution in [0.5, 0.6) is 5.75 Å². The summed E-state index contributed by atoms with van der Waals surface area (Å²) in [5.74, 6) is -0.365. The highest BCUT2D eigenvalue weighted by atomic mass is 19.3. The van der Waals surface area contributed by atoms with Gasteiger partial charge in [-0.05, 0) is 39.0 Å². The average molecular weight is 513 g/mol. The third kappa shape index (κ3) is 6.87. The molecule has 1 amide bonds. The second-order valence-corrected chi connectivity index (χ2v) is 9.00. The van der Waals surface area contributed by atoms with Crippen LogP contribution in [0.4, 0.5) is 14.5 Å². The van der Waals surface area contributed by atoms with Crippen LogP contribution in [-0.2, 0) is 0 Å². The first kappa shape index (κ1) is 27.2. The van der Waals surface area contributed by atoms with E-state index in [4.69, 9.17) is 5.73 Å². The number of nitrogens with zero attached hydrogens (tertiary/aromatic N) is 4. The van der Waals surface area contributed by atoms with E-state index in [1.807, 2.05) is 20.8 Å². The average Bonchev–Trinajstić information content (AvgIpc) is 3.25. The van der Waals surface area contributed by atoms with E-state index in [0.29, 0.717) is 51.5 Å². The van der Waals surface area contributed by atoms with E-state index in [1.165, 1.54) is 24.5 Å². The Morgan fingerprint density at radius 2 is 2.03 bits per heavy atom. The Hall–Kier alpha value is -4.35. The number of hydrogen-bond donors (Lipinski definition) is 4. The van der Waals surface area contributed by atoms with Crippen molar-refractivity contribution in [3.8, 4) is 5.75 Å². The zero-order valence-electron chi connectivity index (χ0n) is 21.3. The number of benzene rings is 1. The molecule has 0 saturated heterocycles. The largest absolute Gasteiger partial charge is 0.435 e. The van der Waals surface area contributed by atoms with E-state index < -0.39 is 12.2 Å². The number of hydrogen-bond acceptors (Lipinski definition) is 8. The molecule has 3 aromatic rings. The standard InChI is InChI=1S/C25H30F2N8O2/c1-25(2,3)35-23(36)17-12-32-22-21(17)34-19(13-33-22)20(30-5)16-8-15(37-24(26)27)6-7-18(16)31-11-14(9-28)10-29-4/h6-10,12-13,24,31H,11,28H2,1-5H3,(H,32,33)(H,35,36). The highest BCUT2D eigenvalue weighted by Gasteiger charge is 2.22. The zero-order valence-corrected chi connectivity index (χ0v) is 21.3. The molecule has 196 valence electrons. The molecule has 1 aromatic carbocycles. The highest BCUT2D eigenvalue weighted by molar-refractivity contribution is 6.16. The fourth-order valence-electron chi connectivity index (χ4n) is 3.52. The number of aromatic amines is 1. The maximum Gasteiger partial charge on any atom is 0.387 e. The second kappa shape index (κ2) is 11.6. The normalized spacial score (nSPS) is 13.0. The van der Waals surface area contributed by atoms with Crippen molar-refractivity contribution < 1.29 is 18.3 Å². The molecule has 5 N–H and O–H groups in total. The van der Waals surface area contributed by atoms with Crippen LogP contribution in [0.2, 0.25) is 0 Å². The minimum atomic E-state index is -3.00. The highest BCUT2D eigenvalue weighted by Crippen LogP contribution is 2.27. The molecule has 0 aliphatic rings. The molecule has 10 nitrogen and oxygen atoms in total. The molecule has 0 atom stereocenters. The Morgan fingerprint density at radius 1 is 1.27 bits per heavy atom. The number of fused-ring (bicyclic) bond motifs is 1. The molecule has 37 heavy (non-hydrogen) atoms. The van der Waals surface area contributed by atoms with Gasteiger partial charge in [0.25, 0.3) is 5.91 Å². The van der Waals surface area contributed by atoms with Gasteiger partial charge in [0.15, 0.2) is 5.65 Å². The van der Waals surface area contributed by atoms with Crippen LogP contribution < -0.4 is 21.1 Å². The number of rotatable bonds is 9. The van der Waals surface area contributed by atoms with Crippen LogP contribution >= 0.6 is 0 Å². The molecule has 0 unspecified atom stereocenters. The third-order valence-corrected chi connectivity index (χ3v) is 5.04. The van der Waals surface area contributed by atoms with Gasteiger partial charge < -0.3 is 26.1 Å². The van der Waals surface area contributed by atoms with Crippen molar-refractivity contribution in [1.29, 1.82) is 0 Å². The fraction of sp³-hybridized carbons (Fsp3) is 0.320. The lowest BCUT2D eigenvalue weighted by molar-refractivity contribution is -0.0498. The molecule has 12 heteroatoms. The molecule has 0 aliphatic carbocycles. The number of nitrogens with one attached hydrogen (secondary N) is 3. The lowest BCUT2D eigenvalue weighted by Gasteiger charge is -2.20. The van der Waals surface area contributed by atoms with Gasteiger partial charge in [-0.25, -0.2) is 9.97 Å². The molecular weight excluding hydrogens is 482 g/mol. The first-order valence-electron chi connectivity index (χ1n) is 11.4. The summed E-state index contributed by atoms with van der Waals surface area (Å²) in [6, 6.07) is 4.45. The molecule has 0 aliphatic heterocycles. The summed E-state index contributed by atoms with van der Waals surface area (Å²) in [5.41, 5.74) is 8.69. The summed E-state index contributed by atoms with van der Waals surface area (Å²) >= 11 is 0. The lowest BCUT2D eigenvalue weighted by atomic mass is 10.0. The predicted octanol–water partition coefficient (Wildman–Crippen LogP) is 3.51. The Morgan fingerprint density at radius 3 is 2.65 bits per heavy atom. The Balaban J connectivity index is 2.07. The smallest absolute Gasteiger partial charge is 0.387 e. The van der Waals surface area contributed by atoms with Gasteiger partial charge in [-0.15, -0.1) is 0 Å². The molecule has 0 fully saturated rings.